The van der Waals surface area contributed by atoms with Gasteiger partial charge in [0, 0.05) is 34.7 Å². The highest BCUT2D eigenvalue weighted by Crippen LogP contribution is 2.22. The molecular formula is C14H19ClN4. The van der Waals surface area contributed by atoms with E-state index in [0.29, 0.717) is 18.5 Å². The number of H-pyrrole nitrogens is 1. The van der Waals surface area contributed by atoms with E-state index in [4.69, 9.17) is 17.3 Å². The molecule has 0 saturated heterocycles. The molecule has 2 aromatic rings. The van der Waals surface area contributed by atoms with E-state index in [1.165, 1.54) is 5.56 Å². The molecule has 4 nitrogen and oxygen atoms in total. The van der Waals surface area contributed by atoms with Crippen LogP contribution in [0.3, 0.4) is 0 Å². The maximum Gasteiger partial charge on any atom is 0.188 e. The zero-order chi connectivity index (χ0) is 13.8. The maximum absolute atomic E-state index is 6.02. The summed E-state index contributed by atoms with van der Waals surface area (Å²) in [4.78, 5) is 7.54. The van der Waals surface area contributed by atoms with Crippen LogP contribution in [-0.4, -0.2) is 23.5 Å². The Morgan fingerprint density at radius 3 is 3.00 bits per heavy atom. The first-order valence-electron chi connectivity index (χ1n) is 6.38. The Bertz CT molecular complexity index is 586. The second-order valence-corrected chi connectivity index (χ2v) is 5.26. The SMILES string of the molecule is CC(C)NC(N)=NCCc1c[nH]c2ccc(Cl)cc12. The summed E-state index contributed by atoms with van der Waals surface area (Å²) >= 11 is 6.02. The summed E-state index contributed by atoms with van der Waals surface area (Å²) in [6, 6.07) is 6.14. The number of nitrogens with one attached hydrogen (secondary N) is 2. The van der Waals surface area contributed by atoms with Crippen molar-refractivity contribution in [2.75, 3.05) is 6.54 Å². The van der Waals surface area contributed by atoms with Crippen LogP contribution in [0, 0.1) is 0 Å². The number of halogens is 1. The van der Waals surface area contributed by atoms with Crippen molar-refractivity contribution in [3.05, 3.63) is 35.0 Å². The van der Waals surface area contributed by atoms with Gasteiger partial charge in [0.15, 0.2) is 5.96 Å². The largest absolute Gasteiger partial charge is 0.370 e. The molecule has 0 saturated carbocycles. The predicted octanol–water partition coefficient (Wildman–Crippen LogP) is 2.68. The minimum absolute atomic E-state index is 0.302. The van der Waals surface area contributed by atoms with Gasteiger partial charge in [-0.25, -0.2) is 0 Å². The van der Waals surface area contributed by atoms with Gasteiger partial charge in [0.2, 0.25) is 0 Å². The zero-order valence-corrected chi connectivity index (χ0v) is 12.0. The maximum atomic E-state index is 6.02. The van der Waals surface area contributed by atoms with Gasteiger partial charge in [-0.15, -0.1) is 0 Å². The van der Waals surface area contributed by atoms with Crippen molar-refractivity contribution in [3.63, 3.8) is 0 Å². The minimum atomic E-state index is 0.302. The molecule has 19 heavy (non-hydrogen) atoms. The van der Waals surface area contributed by atoms with Crippen molar-refractivity contribution in [1.29, 1.82) is 0 Å². The van der Waals surface area contributed by atoms with E-state index in [1.54, 1.807) is 0 Å². The molecule has 0 amide bonds. The van der Waals surface area contributed by atoms with Crippen LogP contribution in [0.2, 0.25) is 5.02 Å². The van der Waals surface area contributed by atoms with Crippen molar-refractivity contribution in [1.82, 2.24) is 10.3 Å². The Kier molecular flexibility index (Phi) is 4.32. The van der Waals surface area contributed by atoms with Gasteiger partial charge in [-0.05, 0) is 44.0 Å². The first kappa shape index (κ1) is 13.7. The lowest BCUT2D eigenvalue weighted by molar-refractivity contribution is 0.723. The van der Waals surface area contributed by atoms with Crippen LogP contribution in [0.15, 0.2) is 29.4 Å². The molecule has 1 aromatic heterocycles. The van der Waals surface area contributed by atoms with Crippen molar-refractivity contribution < 1.29 is 0 Å². The molecule has 0 radical (unpaired) electrons. The number of aliphatic imine (C=N–C) groups is 1. The van der Waals surface area contributed by atoms with Gasteiger partial charge < -0.3 is 16.0 Å². The van der Waals surface area contributed by atoms with E-state index in [0.717, 1.165) is 22.3 Å². The second-order valence-electron chi connectivity index (χ2n) is 4.82. The molecule has 4 N–H and O–H groups in total. The summed E-state index contributed by atoms with van der Waals surface area (Å²) in [5.41, 5.74) is 8.06. The number of rotatable bonds is 4. The molecule has 0 bridgehead atoms. The average molecular weight is 279 g/mol. The lowest BCUT2D eigenvalue weighted by Gasteiger charge is -2.08. The van der Waals surface area contributed by atoms with Gasteiger partial charge in [-0.3, -0.25) is 4.99 Å². The molecule has 5 heteroatoms. The summed E-state index contributed by atoms with van der Waals surface area (Å²) < 4.78 is 0. The lowest BCUT2D eigenvalue weighted by Crippen LogP contribution is -2.36. The molecule has 0 spiro atoms. The van der Waals surface area contributed by atoms with E-state index in [-0.39, 0.29) is 0 Å². The predicted molar refractivity (Wildman–Crippen MR) is 81.8 cm³/mol. The smallest absolute Gasteiger partial charge is 0.188 e. The highest BCUT2D eigenvalue weighted by Gasteiger charge is 2.04. The normalized spacial score (nSPS) is 12.3. The van der Waals surface area contributed by atoms with Crippen LogP contribution in [0.5, 0.6) is 0 Å². The van der Waals surface area contributed by atoms with Crippen molar-refractivity contribution >= 4 is 28.5 Å². The Balaban J connectivity index is 2.04. The van der Waals surface area contributed by atoms with Crippen LogP contribution in [0.25, 0.3) is 10.9 Å². The molecule has 1 aromatic carbocycles. The number of nitrogens with two attached hydrogens (primary N) is 1. The molecular weight excluding hydrogens is 260 g/mol. The van der Waals surface area contributed by atoms with Gasteiger partial charge in [-0.1, -0.05) is 11.6 Å². The average Bonchev–Trinajstić information content (AvgIpc) is 2.71. The summed E-state index contributed by atoms with van der Waals surface area (Å²) in [5.74, 6) is 0.493. The van der Waals surface area contributed by atoms with E-state index in [1.807, 2.05) is 38.2 Å². The number of benzene rings is 1. The van der Waals surface area contributed by atoms with Crippen LogP contribution >= 0.6 is 11.6 Å². The molecule has 2 rings (SSSR count). The number of nitrogens with zero attached hydrogens (tertiary/aromatic N) is 1. The first-order valence-corrected chi connectivity index (χ1v) is 6.76. The highest BCUT2D eigenvalue weighted by molar-refractivity contribution is 6.31. The van der Waals surface area contributed by atoms with E-state index in [2.05, 4.69) is 15.3 Å². The Morgan fingerprint density at radius 2 is 2.26 bits per heavy atom. The number of aromatic nitrogens is 1. The quantitative estimate of drug-likeness (QED) is 0.595. The van der Waals surface area contributed by atoms with Crippen LogP contribution in [0.4, 0.5) is 0 Å². The number of hydrogen-bond acceptors (Lipinski definition) is 1. The van der Waals surface area contributed by atoms with Gasteiger partial charge in [0.25, 0.3) is 0 Å². The summed E-state index contributed by atoms with van der Waals surface area (Å²) in [6.07, 6.45) is 2.84. The molecule has 0 aliphatic carbocycles. The number of aromatic amines is 1. The summed E-state index contributed by atoms with van der Waals surface area (Å²) in [7, 11) is 0. The van der Waals surface area contributed by atoms with Gasteiger partial charge >= 0.3 is 0 Å². The van der Waals surface area contributed by atoms with Crippen molar-refractivity contribution in [3.8, 4) is 0 Å². The molecule has 0 atom stereocenters. The number of hydrogen-bond donors (Lipinski definition) is 3. The molecule has 0 aliphatic rings. The standard InChI is InChI=1S/C14H19ClN4/c1-9(2)19-14(16)17-6-5-10-8-18-13-4-3-11(15)7-12(10)13/h3-4,7-9,18H,5-6H2,1-2H3,(H3,16,17,19). The third-order valence-electron chi connectivity index (χ3n) is 2.83. The minimum Gasteiger partial charge on any atom is -0.370 e. The fourth-order valence-corrected chi connectivity index (χ4v) is 2.17. The fraction of sp³-hybridized carbons (Fsp3) is 0.357. The fourth-order valence-electron chi connectivity index (χ4n) is 2.00. The Morgan fingerprint density at radius 1 is 1.47 bits per heavy atom. The third kappa shape index (κ3) is 3.64. The summed E-state index contributed by atoms with van der Waals surface area (Å²) in [6.45, 7) is 4.72. The first-order chi connectivity index (χ1) is 9.06. The summed E-state index contributed by atoms with van der Waals surface area (Å²) in [5, 5.41) is 4.97. The molecule has 102 valence electrons. The molecule has 0 unspecified atom stereocenters. The van der Waals surface area contributed by atoms with E-state index in [9.17, 15) is 0 Å². The Hall–Kier alpha value is -1.68. The van der Waals surface area contributed by atoms with Crippen LogP contribution in [0.1, 0.15) is 19.4 Å². The zero-order valence-electron chi connectivity index (χ0n) is 11.2. The third-order valence-corrected chi connectivity index (χ3v) is 3.06. The number of guanidine groups is 1. The van der Waals surface area contributed by atoms with E-state index < -0.39 is 0 Å². The highest BCUT2D eigenvalue weighted by atomic mass is 35.5. The van der Waals surface area contributed by atoms with Crippen LogP contribution < -0.4 is 11.1 Å². The second kappa shape index (κ2) is 5.97. The topological polar surface area (TPSA) is 66.2 Å². The Labute approximate surface area is 118 Å². The molecule has 0 aliphatic heterocycles. The van der Waals surface area contributed by atoms with Crippen LogP contribution in [-0.2, 0) is 6.42 Å². The van der Waals surface area contributed by atoms with Gasteiger partial charge in [-0.2, -0.15) is 0 Å². The number of fused-ring (bicyclic) bond motifs is 1. The molecule has 1 heterocycles. The van der Waals surface area contributed by atoms with Gasteiger partial charge in [0.05, 0.1) is 0 Å². The van der Waals surface area contributed by atoms with Crippen molar-refractivity contribution in [2.45, 2.75) is 26.3 Å². The van der Waals surface area contributed by atoms with E-state index >= 15 is 0 Å². The lowest BCUT2D eigenvalue weighted by atomic mass is 10.1. The molecule has 0 fully saturated rings. The van der Waals surface area contributed by atoms with Crippen molar-refractivity contribution in [2.24, 2.45) is 10.7 Å². The van der Waals surface area contributed by atoms with Gasteiger partial charge in [0.1, 0.15) is 0 Å². The monoisotopic (exact) mass is 278 g/mol.